The Kier molecular flexibility index (Phi) is 4.73. The number of hydrogen-bond acceptors (Lipinski definition) is 4. The van der Waals surface area contributed by atoms with E-state index in [4.69, 9.17) is 10.5 Å². The monoisotopic (exact) mass is 362 g/mol. The number of nitrogens with two attached hydrogens (primary N) is 1. The fraction of sp³-hybridized carbons (Fsp3) is 0.538. The molecule has 1 aromatic rings. The van der Waals surface area contributed by atoms with Crippen LogP contribution in [0.3, 0.4) is 0 Å². The molecule has 1 aliphatic heterocycles. The van der Waals surface area contributed by atoms with Gasteiger partial charge < -0.3 is 10.5 Å². The Morgan fingerprint density at radius 3 is 2.75 bits per heavy atom. The first kappa shape index (κ1) is 15.8. The summed E-state index contributed by atoms with van der Waals surface area (Å²) in [5.74, 6) is 0.521. The number of piperidine rings is 1. The third kappa shape index (κ3) is 3.00. The fourth-order valence-corrected chi connectivity index (χ4v) is 5.08. The second kappa shape index (κ2) is 6.01. The number of ether oxygens (including phenoxy) is 1. The summed E-state index contributed by atoms with van der Waals surface area (Å²) in [5, 5.41) is 0. The Morgan fingerprint density at radius 2 is 2.15 bits per heavy atom. The normalized spacial score (nSPS) is 24.6. The first-order chi connectivity index (χ1) is 9.36. The van der Waals surface area contributed by atoms with Gasteiger partial charge in [0.1, 0.15) is 10.6 Å². The molecule has 0 unspecified atom stereocenters. The summed E-state index contributed by atoms with van der Waals surface area (Å²) in [6.45, 7) is 2.35. The van der Waals surface area contributed by atoms with Crippen molar-refractivity contribution >= 4 is 26.0 Å². The Hall–Kier alpha value is -0.630. The number of nitrogens with zero attached hydrogens (tertiary/aromatic N) is 1. The van der Waals surface area contributed by atoms with Crippen LogP contribution in [0.5, 0.6) is 5.75 Å². The highest BCUT2D eigenvalue weighted by atomic mass is 79.9. The van der Waals surface area contributed by atoms with Gasteiger partial charge in [-0.2, -0.15) is 4.31 Å². The van der Waals surface area contributed by atoms with Crippen LogP contribution in [0.25, 0.3) is 0 Å². The van der Waals surface area contributed by atoms with Crippen molar-refractivity contribution in [3.8, 4) is 5.75 Å². The van der Waals surface area contributed by atoms with Crippen LogP contribution in [0.15, 0.2) is 27.6 Å². The summed E-state index contributed by atoms with van der Waals surface area (Å²) in [7, 11) is -2.03. The molecular weight excluding hydrogens is 344 g/mol. The highest BCUT2D eigenvalue weighted by molar-refractivity contribution is 9.10. The molecule has 0 bridgehead atoms. The van der Waals surface area contributed by atoms with Gasteiger partial charge in [-0.1, -0.05) is 0 Å². The first-order valence-corrected chi connectivity index (χ1v) is 8.70. The van der Waals surface area contributed by atoms with Crippen molar-refractivity contribution in [2.75, 3.05) is 13.7 Å². The lowest BCUT2D eigenvalue weighted by atomic mass is 10.0. The molecule has 20 heavy (non-hydrogen) atoms. The van der Waals surface area contributed by atoms with Gasteiger partial charge in [-0.05, 0) is 47.8 Å². The van der Waals surface area contributed by atoms with Crippen LogP contribution in [0, 0.1) is 0 Å². The van der Waals surface area contributed by atoms with Crippen molar-refractivity contribution in [1.29, 1.82) is 0 Å². The molecule has 5 nitrogen and oxygen atoms in total. The van der Waals surface area contributed by atoms with Crippen LogP contribution in [0.2, 0.25) is 0 Å². The van der Waals surface area contributed by atoms with Crippen molar-refractivity contribution in [2.45, 2.75) is 36.7 Å². The molecule has 112 valence electrons. The number of halogens is 1. The zero-order chi connectivity index (χ0) is 14.9. The lowest BCUT2D eigenvalue weighted by Crippen LogP contribution is -2.48. The van der Waals surface area contributed by atoms with Crippen LogP contribution in [-0.4, -0.2) is 38.5 Å². The molecule has 2 atom stereocenters. The summed E-state index contributed by atoms with van der Waals surface area (Å²) in [6, 6.07) is 4.93. The molecule has 1 saturated heterocycles. The van der Waals surface area contributed by atoms with E-state index in [0.29, 0.717) is 29.6 Å². The average Bonchev–Trinajstić information content (AvgIpc) is 2.38. The van der Waals surface area contributed by atoms with E-state index in [1.807, 2.05) is 6.92 Å². The van der Waals surface area contributed by atoms with E-state index in [0.717, 1.165) is 0 Å². The zero-order valence-electron chi connectivity index (χ0n) is 11.5. The molecule has 0 aliphatic carbocycles. The maximum absolute atomic E-state index is 12.8. The van der Waals surface area contributed by atoms with Crippen LogP contribution in [0.4, 0.5) is 0 Å². The molecule has 1 aromatic carbocycles. The minimum atomic E-state index is -3.55. The number of methoxy groups -OCH3 is 1. The summed E-state index contributed by atoms with van der Waals surface area (Å²) < 4.78 is 32.8. The van der Waals surface area contributed by atoms with Gasteiger partial charge in [0.15, 0.2) is 0 Å². The SMILES string of the molecule is COc1ccc(Br)c(S(=O)(=O)N2CC[C@H](N)C[C@H]2C)c1. The number of hydrogen-bond donors (Lipinski definition) is 1. The maximum atomic E-state index is 12.8. The van der Waals surface area contributed by atoms with Gasteiger partial charge in [0.25, 0.3) is 0 Å². The summed E-state index contributed by atoms with van der Waals surface area (Å²) in [6.07, 6.45) is 1.37. The lowest BCUT2D eigenvalue weighted by Gasteiger charge is -2.35. The molecule has 1 aliphatic rings. The fourth-order valence-electron chi connectivity index (χ4n) is 2.48. The topological polar surface area (TPSA) is 72.6 Å². The summed E-state index contributed by atoms with van der Waals surface area (Å²) in [4.78, 5) is 0.235. The Morgan fingerprint density at radius 1 is 1.45 bits per heavy atom. The molecule has 0 radical (unpaired) electrons. The Labute approximate surface area is 128 Å². The van der Waals surface area contributed by atoms with Gasteiger partial charge in [-0.15, -0.1) is 0 Å². The number of sulfonamides is 1. The Bertz CT molecular complexity index is 591. The third-order valence-electron chi connectivity index (χ3n) is 3.58. The van der Waals surface area contributed by atoms with Gasteiger partial charge in [-0.25, -0.2) is 8.42 Å². The number of rotatable bonds is 3. The van der Waals surface area contributed by atoms with Crippen molar-refractivity contribution in [1.82, 2.24) is 4.31 Å². The molecule has 0 saturated carbocycles. The van der Waals surface area contributed by atoms with Gasteiger partial charge in [0, 0.05) is 29.2 Å². The third-order valence-corrected chi connectivity index (χ3v) is 6.59. The smallest absolute Gasteiger partial charge is 0.244 e. The molecule has 0 spiro atoms. The molecule has 1 fully saturated rings. The maximum Gasteiger partial charge on any atom is 0.244 e. The lowest BCUT2D eigenvalue weighted by molar-refractivity contribution is 0.247. The van der Waals surface area contributed by atoms with E-state index in [2.05, 4.69) is 15.9 Å². The van der Waals surface area contributed by atoms with E-state index >= 15 is 0 Å². The van der Waals surface area contributed by atoms with Crippen LogP contribution in [0.1, 0.15) is 19.8 Å². The highest BCUT2D eigenvalue weighted by Crippen LogP contribution is 2.31. The van der Waals surface area contributed by atoms with E-state index in [1.165, 1.54) is 11.4 Å². The molecule has 2 N–H and O–H groups in total. The highest BCUT2D eigenvalue weighted by Gasteiger charge is 2.34. The van der Waals surface area contributed by atoms with Gasteiger partial charge in [0.05, 0.1) is 7.11 Å². The van der Waals surface area contributed by atoms with Gasteiger partial charge >= 0.3 is 0 Å². The molecule has 7 heteroatoms. The van der Waals surface area contributed by atoms with E-state index < -0.39 is 10.0 Å². The van der Waals surface area contributed by atoms with E-state index in [9.17, 15) is 8.42 Å². The number of benzene rings is 1. The van der Waals surface area contributed by atoms with Crippen molar-refractivity contribution < 1.29 is 13.2 Å². The van der Waals surface area contributed by atoms with E-state index in [1.54, 1.807) is 18.2 Å². The van der Waals surface area contributed by atoms with Gasteiger partial charge in [-0.3, -0.25) is 0 Å². The summed E-state index contributed by atoms with van der Waals surface area (Å²) in [5.41, 5.74) is 5.89. The second-order valence-corrected chi connectivity index (χ2v) is 7.76. The van der Waals surface area contributed by atoms with Crippen LogP contribution >= 0.6 is 15.9 Å². The molecule has 1 heterocycles. The minimum Gasteiger partial charge on any atom is -0.497 e. The predicted octanol–water partition coefficient (Wildman–Crippen LogP) is 1.96. The second-order valence-electron chi connectivity index (χ2n) is 5.05. The predicted molar refractivity (Wildman–Crippen MR) is 81.3 cm³/mol. The average molecular weight is 363 g/mol. The zero-order valence-corrected chi connectivity index (χ0v) is 13.9. The molecule has 2 rings (SSSR count). The first-order valence-electron chi connectivity index (χ1n) is 6.47. The molecular formula is C13H19BrN2O3S. The van der Waals surface area contributed by atoms with Crippen LogP contribution in [-0.2, 0) is 10.0 Å². The van der Waals surface area contributed by atoms with Crippen molar-refractivity contribution in [3.05, 3.63) is 22.7 Å². The van der Waals surface area contributed by atoms with Crippen LogP contribution < -0.4 is 10.5 Å². The quantitative estimate of drug-likeness (QED) is 0.891. The summed E-state index contributed by atoms with van der Waals surface area (Å²) >= 11 is 3.31. The van der Waals surface area contributed by atoms with Gasteiger partial charge in [0.2, 0.25) is 10.0 Å². The molecule has 0 amide bonds. The standard InChI is InChI=1S/C13H19BrN2O3S/c1-9-7-10(15)5-6-16(9)20(17,18)13-8-11(19-2)3-4-12(13)14/h3-4,8-10H,5-7,15H2,1-2H3/t9-,10+/m1/s1. The van der Waals surface area contributed by atoms with Crippen molar-refractivity contribution in [3.63, 3.8) is 0 Å². The minimum absolute atomic E-state index is 0.0743. The molecule has 0 aromatic heterocycles. The van der Waals surface area contributed by atoms with Crippen molar-refractivity contribution in [2.24, 2.45) is 5.73 Å². The largest absolute Gasteiger partial charge is 0.497 e. The van der Waals surface area contributed by atoms with E-state index in [-0.39, 0.29) is 17.0 Å². The Balaban J connectivity index is 2.40.